The molecule has 0 aromatic carbocycles. The molecule has 0 saturated carbocycles. The fourth-order valence-corrected chi connectivity index (χ4v) is 15.1. The Bertz CT molecular complexity index is 2690. The first-order chi connectivity index (χ1) is 58.2. The van der Waals surface area contributed by atoms with Crippen molar-refractivity contribution in [2.24, 2.45) is 0 Å². The molecular weight excluding hydrogens is 1530 g/mol. The molecule has 4 N–H and O–H groups in total. The number of phosphoric acid groups is 2. The zero-order valence-corrected chi connectivity index (χ0v) is 77.8. The number of aliphatic hydroxyl groups is 2. The summed E-state index contributed by atoms with van der Waals surface area (Å²) in [7, 11) is -9.80. The number of ether oxygens (including phenoxy) is 3. The minimum absolute atomic E-state index is 0.0954. The Morgan fingerprint density at radius 2 is 0.445 bits per heavy atom. The third-order valence-corrected chi connectivity index (χ3v) is 22.7. The zero-order chi connectivity index (χ0) is 86.5. The van der Waals surface area contributed by atoms with Gasteiger partial charge in [0.05, 0.1) is 26.4 Å². The van der Waals surface area contributed by atoms with E-state index < -0.39 is 91.5 Å². The van der Waals surface area contributed by atoms with Crippen molar-refractivity contribution < 1.29 is 75.8 Å². The number of unbranched alkanes of at least 4 members (excludes halogenated alkanes) is 47. The number of phosphoric ester groups is 2. The van der Waals surface area contributed by atoms with Crippen LogP contribution in [0, 0.1) is 0 Å². The third kappa shape index (κ3) is 94.2. The first-order valence-electron chi connectivity index (χ1n) is 48.5. The van der Waals surface area contributed by atoms with E-state index in [1.165, 1.54) is 231 Å². The Hall–Kier alpha value is -4.31. The van der Waals surface area contributed by atoms with Crippen LogP contribution in [0.2, 0.25) is 0 Å². The van der Waals surface area contributed by atoms with Gasteiger partial charge >= 0.3 is 33.6 Å². The molecule has 0 aliphatic rings. The van der Waals surface area contributed by atoms with Gasteiger partial charge in [-0.05, 0) is 141 Å². The maximum atomic E-state index is 13.0. The second-order valence-electron chi connectivity index (χ2n) is 32.5. The standard InChI is InChI=1S/C101H178O16P2/c1-4-7-10-13-16-19-22-25-28-30-32-34-36-38-40-42-44-46-47-49-51-52-54-56-58-60-62-64-67-69-72-75-78-81-84-87-99(104)111-90-96(102)91-113-118(107,108)114-92-97(103)93-115-119(109,110)116-95-98(117-101(106)89-86-83-80-77-74-71-66-27-24-21-18-15-12-9-6-3)94-112-100(105)88-85-82-79-76-73-70-68-65-63-61-59-57-55-53-50-48-45-43-41-39-37-35-33-31-29-26-23-20-17-14-11-8-5-2/h8,11,16-17,19-20,25-29,32-35,38-41,45,48,66,96-98,102-103H,4-7,9-10,12-15,18,21-24,30-31,36-37,42-44,46-47,49-65,67-95H2,1-3H3,(H,107,108)(H,109,110)/b11-8-,19-16-,20-17-,28-25-,29-26-,34-32-,35-33-,40-38-,41-39-,48-45-,66-27-. The average Bonchev–Trinajstić information content (AvgIpc) is 0.900. The van der Waals surface area contributed by atoms with Crippen molar-refractivity contribution >= 4 is 33.6 Å². The highest BCUT2D eigenvalue weighted by Crippen LogP contribution is 2.45. The molecule has 18 heteroatoms. The molecule has 0 aromatic rings. The Kier molecular flexibility index (Phi) is 89.5. The van der Waals surface area contributed by atoms with E-state index in [-0.39, 0.29) is 19.3 Å². The number of hydrogen-bond donors (Lipinski definition) is 4. The minimum atomic E-state index is -4.94. The highest BCUT2D eigenvalue weighted by Gasteiger charge is 2.30. The van der Waals surface area contributed by atoms with Gasteiger partial charge in [0, 0.05) is 19.3 Å². The molecule has 0 rings (SSSR count). The zero-order valence-electron chi connectivity index (χ0n) is 76.0. The maximum Gasteiger partial charge on any atom is 0.472 e. The predicted molar refractivity (Wildman–Crippen MR) is 500 cm³/mol. The van der Waals surface area contributed by atoms with E-state index in [1.807, 2.05) is 0 Å². The molecule has 5 atom stereocenters. The summed E-state index contributed by atoms with van der Waals surface area (Å²) in [4.78, 5) is 59.0. The summed E-state index contributed by atoms with van der Waals surface area (Å²) >= 11 is 0. The van der Waals surface area contributed by atoms with Crippen molar-refractivity contribution in [2.75, 3.05) is 39.6 Å². The molecular formula is C101H178O16P2. The lowest BCUT2D eigenvalue weighted by molar-refractivity contribution is -0.161. The van der Waals surface area contributed by atoms with Crippen LogP contribution in [0.15, 0.2) is 134 Å². The van der Waals surface area contributed by atoms with E-state index >= 15 is 0 Å². The Balaban J connectivity index is 4.41. The van der Waals surface area contributed by atoms with Gasteiger partial charge in [0.15, 0.2) is 6.10 Å². The summed E-state index contributed by atoms with van der Waals surface area (Å²) in [5, 5.41) is 20.7. The highest BCUT2D eigenvalue weighted by atomic mass is 31.2. The van der Waals surface area contributed by atoms with Crippen molar-refractivity contribution in [1.29, 1.82) is 0 Å². The van der Waals surface area contributed by atoms with Gasteiger partial charge in [-0.1, -0.05) is 405 Å². The van der Waals surface area contributed by atoms with Crippen molar-refractivity contribution in [2.45, 2.75) is 450 Å². The number of hydrogen-bond acceptors (Lipinski definition) is 14. The Labute approximate surface area is 728 Å². The van der Waals surface area contributed by atoms with E-state index in [0.29, 0.717) is 19.3 Å². The van der Waals surface area contributed by atoms with Gasteiger partial charge in [0.25, 0.3) is 0 Å². The molecule has 0 spiro atoms. The fraction of sp³-hybridized carbons (Fsp3) is 0.752. The lowest BCUT2D eigenvalue weighted by Gasteiger charge is -2.21. The molecule has 0 fully saturated rings. The second kappa shape index (κ2) is 92.9. The van der Waals surface area contributed by atoms with Gasteiger partial charge in [0.1, 0.15) is 25.4 Å². The molecule has 0 heterocycles. The quantitative estimate of drug-likeness (QED) is 0.0146. The smallest absolute Gasteiger partial charge is 0.463 e. The van der Waals surface area contributed by atoms with Crippen LogP contribution in [0.1, 0.15) is 432 Å². The van der Waals surface area contributed by atoms with Gasteiger partial charge in [-0.2, -0.15) is 0 Å². The Morgan fingerprint density at radius 1 is 0.244 bits per heavy atom. The summed E-state index contributed by atoms with van der Waals surface area (Å²) in [5.41, 5.74) is 0. The van der Waals surface area contributed by atoms with E-state index in [2.05, 4.69) is 154 Å². The van der Waals surface area contributed by atoms with E-state index in [1.54, 1.807) is 0 Å². The monoisotopic (exact) mass is 1710 g/mol. The fourth-order valence-electron chi connectivity index (χ4n) is 13.5. The van der Waals surface area contributed by atoms with E-state index in [4.69, 9.17) is 32.3 Å². The first kappa shape index (κ1) is 115. The third-order valence-electron chi connectivity index (χ3n) is 20.8. The molecule has 0 radical (unpaired) electrons. The summed E-state index contributed by atoms with van der Waals surface area (Å²) < 4.78 is 61.5. The number of allylic oxidation sites excluding steroid dienone is 22. The van der Waals surface area contributed by atoms with Crippen LogP contribution in [0.5, 0.6) is 0 Å². The number of rotatable bonds is 92. The van der Waals surface area contributed by atoms with Gasteiger partial charge in [-0.15, -0.1) is 0 Å². The van der Waals surface area contributed by atoms with Crippen LogP contribution in [0.4, 0.5) is 0 Å². The topological polar surface area (TPSA) is 231 Å². The van der Waals surface area contributed by atoms with Crippen molar-refractivity contribution in [3.8, 4) is 0 Å². The van der Waals surface area contributed by atoms with E-state index in [9.17, 15) is 43.5 Å². The summed E-state index contributed by atoms with van der Waals surface area (Å²) in [6.07, 6.45) is 117. The lowest BCUT2D eigenvalue weighted by atomic mass is 10.0. The van der Waals surface area contributed by atoms with Gasteiger partial charge in [0.2, 0.25) is 0 Å². The number of esters is 3. The van der Waals surface area contributed by atoms with Crippen LogP contribution in [0.25, 0.3) is 0 Å². The van der Waals surface area contributed by atoms with Gasteiger partial charge in [-0.3, -0.25) is 32.5 Å². The summed E-state index contributed by atoms with van der Waals surface area (Å²) in [6.45, 7) is 2.60. The molecule has 0 saturated heterocycles. The van der Waals surface area contributed by atoms with Crippen LogP contribution < -0.4 is 0 Å². The Morgan fingerprint density at radius 3 is 0.731 bits per heavy atom. The normalized spacial score (nSPS) is 14.3. The summed E-state index contributed by atoms with van der Waals surface area (Å²) in [6, 6.07) is 0. The predicted octanol–water partition coefficient (Wildman–Crippen LogP) is 30.1. The highest BCUT2D eigenvalue weighted by molar-refractivity contribution is 7.47. The molecule has 0 aliphatic heterocycles. The average molecular weight is 1710 g/mol. The number of aliphatic hydroxyl groups excluding tert-OH is 2. The molecule has 0 aliphatic carbocycles. The van der Waals surface area contributed by atoms with Gasteiger partial charge < -0.3 is 34.2 Å². The molecule has 0 amide bonds. The maximum absolute atomic E-state index is 13.0. The first-order valence-corrected chi connectivity index (χ1v) is 51.5. The van der Waals surface area contributed by atoms with E-state index in [0.717, 1.165) is 141 Å². The molecule has 119 heavy (non-hydrogen) atoms. The number of carbonyl (C=O) groups is 3. The van der Waals surface area contributed by atoms with Crippen molar-refractivity contribution in [1.82, 2.24) is 0 Å². The van der Waals surface area contributed by atoms with Crippen LogP contribution >= 0.6 is 15.6 Å². The number of carbonyl (C=O) groups excluding carboxylic acids is 3. The SMILES string of the molecule is CC/C=C\C/C=C\C/C=C\C/C=C\C/C=C\C/C=C\CCCCCCCCCCCCCCCCC(=O)OCC(COP(=O)(O)OCC(O)COP(=O)(O)OCC(O)COC(=O)CCCCCCCCCCCCCCCCCCCCC/C=C\C/C=C\C/C=C\C/C=C\CCCCC)OC(=O)CCCCCCC/C=C\CCCCCCCC. The molecule has 5 unspecified atom stereocenters. The molecule has 0 aromatic heterocycles. The second-order valence-corrected chi connectivity index (χ2v) is 35.4. The molecule has 0 bridgehead atoms. The minimum Gasteiger partial charge on any atom is -0.463 e. The van der Waals surface area contributed by atoms with Crippen molar-refractivity contribution in [3.63, 3.8) is 0 Å². The van der Waals surface area contributed by atoms with Crippen LogP contribution in [-0.2, 0) is 55.8 Å². The van der Waals surface area contributed by atoms with Crippen LogP contribution in [-0.4, -0.2) is 95.9 Å². The molecule has 688 valence electrons. The van der Waals surface area contributed by atoms with Crippen LogP contribution in [0.3, 0.4) is 0 Å². The lowest BCUT2D eigenvalue weighted by Crippen LogP contribution is -2.30. The molecule has 16 nitrogen and oxygen atoms in total. The largest absolute Gasteiger partial charge is 0.472 e. The van der Waals surface area contributed by atoms with Crippen molar-refractivity contribution in [3.05, 3.63) is 134 Å². The summed E-state index contributed by atoms with van der Waals surface area (Å²) in [5.74, 6) is -1.56. The van der Waals surface area contributed by atoms with Gasteiger partial charge in [-0.25, -0.2) is 9.13 Å².